The van der Waals surface area contributed by atoms with Crippen molar-refractivity contribution in [3.05, 3.63) is 99.6 Å². The van der Waals surface area contributed by atoms with Crippen molar-refractivity contribution in [2.24, 2.45) is 0 Å². The molecule has 152 valence electrons. The van der Waals surface area contributed by atoms with Crippen molar-refractivity contribution in [3.63, 3.8) is 0 Å². The maximum atomic E-state index is 14.0. The Balaban J connectivity index is 1.64. The maximum Gasteiger partial charge on any atom is 0.251 e. The van der Waals surface area contributed by atoms with Crippen LogP contribution in [-0.4, -0.2) is 20.9 Å². The van der Waals surface area contributed by atoms with E-state index in [9.17, 15) is 14.0 Å². The van der Waals surface area contributed by atoms with Crippen LogP contribution in [0.5, 0.6) is 0 Å². The molecule has 0 aliphatic rings. The van der Waals surface area contributed by atoms with E-state index < -0.39 is 11.9 Å². The predicted octanol–water partition coefficient (Wildman–Crippen LogP) is 3.34. The van der Waals surface area contributed by atoms with E-state index in [2.05, 4.69) is 20.3 Å². The zero-order valence-electron chi connectivity index (χ0n) is 16.4. The van der Waals surface area contributed by atoms with Gasteiger partial charge in [-0.25, -0.2) is 9.37 Å². The van der Waals surface area contributed by atoms with Gasteiger partial charge in [0.15, 0.2) is 0 Å². The van der Waals surface area contributed by atoms with Gasteiger partial charge in [-0.15, -0.1) is 0 Å². The minimum absolute atomic E-state index is 0.0980. The monoisotopic (exact) mass is 404 g/mol. The molecule has 30 heavy (non-hydrogen) atoms. The number of fused-ring (bicyclic) bond motifs is 1. The molecule has 6 nitrogen and oxygen atoms in total. The van der Waals surface area contributed by atoms with Crippen LogP contribution in [0.25, 0.3) is 10.9 Å². The zero-order chi connectivity index (χ0) is 21.1. The normalized spacial score (nSPS) is 12.1. The molecule has 0 saturated carbocycles. The number of aromatic amines is 2. The van der Waals surface area contributed by atoms with Crippen molar-refractivity contribution in [1.29, 1.82) is 0 Å². The van der Waals surface area contributed by atoms with Crippen LogP contribution in [0.2, 0.25) is 0 Å². The number of nitrogens with zero attached hydrogens (tertiary/aromatic N) is 1. The first-order valence-electron chi connectivity index (χ1n) is 9.65. The van der Waals surface area contributed by atoms with Gasteiger partial charge in [0.2, 0.25) is 5.91 Å². The molecule has 1 amide bonds. The number of aryl methyl sites for hydroxylation is 1. The van der Waals surface area contributed by atoms with Crippen LogP contribution in [0.15, 0.2) is 65.6 Å². The van der Waals surface area contributed by atoms with E-state index in [0.29, 0.717) is 23.5 Å². The SMILES string of the molecule is Cc1nc([C@@H](Cc2c[nH]c3ccccc23)NC(=O)Cc2ccccc2F)cc(=O)[nH]1. The molecule has 2 aromatic heterocycles. The number of benzene rings is 2. The average Bonchev–Trinajstić information content (AvgIpc) is 3.11. The van der Waals surface area contributed by atoms with Gasteiger partial charge in [-0.3, -0.25) is 9.59 Å². The first kappa shape index (κ1) is 19.6. The highest BCUT2D eigenvalue weighted by Crippen LogP contribution is 2.23. The number of hydrogen-bond acceptors (Lipinski definition) is 3. The van der Waals surface area contributed by atoms with Crippen molar-refractivity contribution >= 4 is 16.8 Å². The quantitative estimate of drug-likeness (QED) is 0.460. The largest absolute Gasteiger partial charge is 0.361 e. The standard InChI is InChI=1S/C23H21FN4O2/c1-14-26-21(12-23(30)27-14)20(10-16-13-25-19-9-5-3-7-17(16)19)28-22(29)11-15-6-2-4-8-18(15)24/h2-9,12-13,20,25H,10-11H2,1H3,(H,28,29)(H,26,27,30)/t20-/m1/s1. The molecule has 0 unspecified atom stereocenters. The first-order chi connectivity index (χ1) is 14.5. The highest BCUT2D eigenvalue weighted by molar-refractivity contribution is 5.83. The lowest BCUT2D eigenvalue weighted by Gasteiger charge is -2.19. The fraction of sp³-hybridized carbons (Fsp3) is 0.174. The van der Waals surface area contributed by atoms with Gasteiger partial charge >= 0.3 is 0 Å². The van der Waals surface area contributed by atoms with E-state index in [4.69, 9.17) is 0 Å². The molecular weight excluding hydrogens is 383 g/mol. The van der Waals surface area contributed by atoms with Crippen LogP contribution >= 0.6 is 0 Å². The topological polar surface area (TPSA) is 90.6 Å². The summed E-state index contributed by atoms with van der Waals surface area (Å²) in [6.07, 6.45) is 2.23. The van der Waals surface area contributed by atoms with E-state index in [0.717, 1.165) is 16.5 Å². The minimum atomic E-state index is -0.538. The molecule has 0 aliphatic carbocycles. The van der Waals surface area contributed by atoms with E-state index in [-0.39, 0.29) is 17.9 Å². The van der Waals surface area contributed by atoms with Gasteiger partial charge in [0.05, 0.1) is 18.2 Å². The smallest absolute Gasteiger partial charge is 0.251 e. The Morgan fingerprint density at radius 2 is 1.90 bits per heavy atom. The van der Waals surface area contributed by atoms with Gasteiger partial charge in [-0.1, -0.05) is 36.4 Å². The number of hydrogen-bond donors (Lipinski definition) is 3. The van der Waals surface area contributed by atoms with Gasteiger partial charge in [-0.05, 0) is 30.2 Å². The summed E-state index contributed by atoms with van der Waals surface area (Å²) in [5, 5.41) is 3.97. The van der Waals surface area contributed by atoms with Crippen molar-refractivity contribution in [2.75, 3.05) is 0 Å². The van der Waals surface area contributed by atoms with E-state index >= 15 is 0 Å². The Hall–Kier alpha value is -3.74. The third-order valence-electron chi connectivity index (χ3n) is 4.98. The van der Waals surface area contributed by atoms with Gasteiger partial charge in [0, 0.05) is 29.6 Å². The minimum Gasteiger partial charge on any atom is -0.361 e. The molecule has 4 rings (SSSR count). The first-order valence-corrected chi connectivity index (χ1v) is 9.65. The van der Waals surface area contributed by atoms with E-state index in [1.54, 1.807) is 25.1 Å². The summed E-state index contributed by atoms with van der Waals surface area (Å²) in [4.78, 5) is 35.0. The second-order valence-corrected chi connectivity index (χ2v) is 7.21. The van der Waals surface area contributed by atoms with Gasteiger partial charge < -0.3 is 15.3 Å². The van der Waals surface area contributed by atoms with Crippen molar-refractivity contribution in [2.45, 2.75) is 25.8 Å². The fourth-order valence-electron chi connectivity index (χ4n) is 3.59. The number of aromatic nitrogens is 3. The lowest BCUT2D eigenvalue weighted by atomic mass is 10.0. The third-order valence-corrected chi connectivity index (χ3v) is 4.98. The van der Waals surface area contributed by atoms with Gasteiger partial charge in [0.25, 0.3) is 5.56 Å². The molecule has 7 heteroatoms. The lowest BCUT2D eigenvalue weighted by Crippen LogP contribution is -2.33. The molecule has 0 radical (unpaired) electrons. The summed E-state index contributed by atoms with van der Waals surface area (Å²) in [6, 6.07) is 14.9. The number of rotatable bonds is 6. The number of halogens is 1. The number of carbonyl (C=O) groups is 1. The summed E-state index contributed by atoms with van der Waals surface area (Å²) in [6.45, 7) is 1.69. The number of amides is 1. The lowest BCUT2D eigenvalue weighted by molar-refractivity contribution is -0.121. The zero-order valence-corrected chi connectivity index (χ0v) is 16.4. The van der Waals surface area contributed by atoms with E-state index in [1.165, 1.54) is 12.1 Å². The summed E-state index contributed by atoms with van der Waals surface area (Å²) < 4.78 is 14.0. The summed E-state index contributed by atoms with van der Waals surface area (Å²) in [5.74, 6) is -0.305. The molecule has 0 bridgehead atoms. The summed E-state index contributed by atoms with van der Waals surface area (Å²) >= 11 is 0. The molecule has 0 aliphatic heterocycles. The van der Waals surface area contributed by atoms with Crippen LogP contribution in [0, 0.1) is 12.7 Å². The molecule has 0 spiro atoms. The van der Waals surface area contributed by atoms with E-state index in [1.807, 2.05) is 30.5 Å². The number of carbonyl (C=O) groups excluding carboxylic acids is 1. The number of nitrogens with one attached hydrogen (secondary N) is 3. The maximum absolute atomic E-state index is 14.0. The molecule has 3 N–H and O–H groups in total. The van der Waals surface area contributed by atoms with Crippen molar-refractivity contribution in [1.82, 2.24) is 20.3 Å². The number of H-pyrrole nitrogens is 2. The highest BCUT2D eigenvalue weighted by atomic mass is 19.1. The van der Waals surface area contributed by atoms with Gasteiger partial charge in [-0.2, -0.15) is 0 Å². The molecule has 2 heterocycles. The van der Waals surface area contributed by atoms with Crippen LogP contribution < -0.4 is 10.9 Å². The predicted molar refractivity (Wildman–Crippen MR) is 113 cm³/mol. The van der Waals surface area contributed by atoms with Crippen molar-refractivity contribution < 1.29 is 9.18 Å². The molecule has 4 aromatic rings. The second-order valence-electron chi connectivity index (χ2n) is 7.21. The third kappa shape index (κ3) is 4.30. The summed E-state index contributed by atoms with van der Waals surface area (Å²) in [5.41, 5.74) is 2.46. The second kappa shape index (κ2) is 8.32. The fourth-order valence-corrected chi connectivity index (χ4v) is 3.59. The number of para-hydroxylation sites is 1. The molecule has 2 aromatic carbocycles. The van der Waals surface area contributed by atoms with Crippen LogP contribution in [-0.2, 0) is 17.6 Å². The Kier molecular flexibility index (Phi) is 5.43. The van der Waals surface area contributed by atoms with Crippen LogP contribution in [0.4, 0.5) is 4.39 Å². The van der Waals surface area contributed by atoms with Gasteiger partial charge in [0.1, 0.15) is 11.6 Å². The highest BCUT2D eigenvalue weighted by Gasteiger charge is 2.20. The Labute approximate surface area is 172 Å². The van der Waals surface area contributed by atoms with Crippen LogP contribution in [0.1, 0.15) is 28.7 Å². The molecule has 0 saturated heterocycles. The molecular formula is C23H21FN4O2. The summed E-state index contributed by atoms with van der Waals surface area (Å²) in [7, 11) is 0. The Morgan fingerprint density at radius 3 is 2.70 bits per heavy atom. The molecule has 1 atom stereocenters. The van der Waals surface area contributed by atoms with Crippen LogP contribution in [0.3, 0.4) is 0 Å². The van der Waals surface area contributed by atoms with Crippen molar-refractivity contribution in [3.8, 4) is 0 Å². The Morgan fingerprint density at radius 1 is 1.13 bits per heavy atom. The Bertz CT molecular complexity index is 1260. The molecule has 0 fully saturated rings. The average molecular weight is 404 g/mol.